The first kappa shape index (κ1) is 23.1. The fourth-order valence-corrected chi connectivity index (χ4v) is 9.05. The van der Waals surface area contributed by atoms with E-state index in [1.807, 2.05) is 0 Å². The number of aryl methyl sites for hydroxylation is 2. The van der Waals surface area contributed by atoms with Crippen molar-refractivity contribution in [1.29, 1.82) is 0 Å². The van der Waals surface area contributed by atoms with Crippen molar-refractivity contribution in [1.82, 2.24) is 8.97 Å². The Bertz CT molecular complexity index is 2470. The Morgan fingerprint density at radius 1 is 0.595 bits per heavy atom. The van der Waals surface area contributed by atoms with E-state index in [1.165, 1.54) is 93.8 Å². The lowest BCUT2D eigenvalue weighted by molar-refractivity contribution is 0.295. The van der Waals surface area contributed by atoms with Gasteiger partial charge in [-0.15, -0.1) is 0 Å². The summed E-state index contributed by atoms with van der Waals surface area (Å²) in [6, 6.07) is 34.9. The number of fused-ring (bicyclic) bond motifs is 15. The predicted octanol–water partition coefficient (Wildman–Crippen LogP) is 10.7. The summed E-state index contributed by atoms with van der Waals surface area (Å²) in [7, 11) is 0. The number of rotatable bonds is 0. The van der Waals surface area contributed by atoms with E-state index < -0.39 is 0 Å². The number of hydrogen-bond acceptors (Lipinski definition) is 0. The molecule has 42 heavy (non-hydrogen) atoms. The van der Waals surface area contributed by atoms with Crippen LogP contribution >= 0.6 is 0 Å². The molecule has 2 aliphatic rings. The maximum atomic E-state index is 2.62. The Hall–Kier alpha value is -4.56. The molecule has 0 saturated carbocycles. The van der Waals surface area contributed by atoms with Crippen LogP contribution < -0.4 is 0 Å². The Morgan fingerprint density at radius 3 is 2.10 bits per heavy atom. The first-order valence-electron chi connectivity index (χ1n) is 15.3. The van der Waals surface area contributed by atoms with Gasteiger partial charge in [-0.25, -0.2) is 0 Å². The van der Waals surface area contributed by atoms with Gasteiger partial charge in [0.1, 0.15) is 0 Å². The SMILES string of the molecule is Cc1ccc2c(c1)c1c3n2-c2ccccc2C3C(C(C)(C)C)c2cc3c4ccccc4n4c5ccc(C)cc5c(c2-1)c34. The summed E-state index contributed by atoms with van der Waals surface area (Å²) in [6.45, 7) is 11.8. The smallest absolute Gasteiger partial charge is 0.0626 e. The fraction of sp³-hybridized carbons (Fsp3) is 0.200. The van der Waals surface area contributed by atoms with Gasteiger partial charge in [0.25, 0.3) is 0 Å². The molecule has 2 nitrogen and oxygen atoms in total. The molecule has 0 spiro atoms. The minimum Gasteiger partial charge on any atom is -0.312 e. The predicted molar refractivity (Wildman–Crippen MR) is 177 cm³/mol. The first-order valence-corrected chi connectivity index (χ1v) is 15.3. The summed E-state index contributed by atoms with van der Waals surface area (Å²) in [6.07, 6.45) is 0. The number of para-hydroxylation sites is 2. The molecule has 8 aromatic rings. The van der Waals surface area contributed by atoms with E-state index in [1.54, 1.807) is 0 Å². The van der Waals surface area contributed by atoms with Gasteiger partial charge in [-0.2, -0.15) is 0 Å². The van der Waals surface area contributed by atoms with E-state index in [4.69, 9.17) is 0 Å². The second-order valence-electron chi connectivity index (χ2n) is 14.0. The molecule has 3 aromatic heterocycles. The van der Waals surface area contributed by atoms with Crippen LogP contribution in [0.2, 0.25) is 0 Å². The van der Waals surface area contributed by atoms with E-state index in [9.17, 15) is 0 Å². The van der Waals surface area contributed by atoms with Gasteiger partial charge in [0.05, 0.1) is 22.1 Å². The molecule has 10 rings (SSSR count). The highest BCUT2D eigenvalue weighted by Crippen LogP contribution is 2.64. The largest absolute Gasteiger partial charge is 0.312 e. The molecule has 4 heterocycles. The Balaban J connectivity index is 1.53. The quantitative estimate of drug-likeness (QED) is 0.181. The number of hydrogen-bond donors (Lipinski definition) is 0. The zero-order chi connectivity index (χ0) is 28.2. The Labute approximate surface area is 245 Å². The summed E-state index contributed by atoms with van der Waals surface area (Å²) in [5.74, 6) is 0.650. The van der Waals surface area contributed by atoms with Crippen molar-refractivity contribution in [2.75, 3.05) is 0 Å². The molecule has 0 radical (unpaired) electrons. The molecule has 0 amide bonds. The molecule has 202 valence electrons. The second-order valence-corrected chi connectivity index (χ2v) is 14.0. The second kappa shape index (κ2) is 7.25. The molecule has 2 heteroatoms. The standard InChI is InChI=1S/C40H32N2/c1-21-14-16-31-26(18-21)34-33-28(20-25-23-10-6-8-12-29(23)41(31)38(25)34)37(40(3,4)5)36-24-11-7-9-13-30(24)42-32-17-15-22(2)19-27(32)35(33)39(36)42/h6-20,36-37H,1-5H3. The maximum Gasteiger partial charge on any atom is 0.0626 e. The number of nitrogens with zero attached hydrogens (tertiary/aromatic N) is 2. The normalized spacial score (nSPS) is 17.6. The van der Waals surface area contributed by atoms with Crippen LogP contribution in [0.3, 0.4) is 0 Å². The molecular formula is C40H32N2. The average molecular weight is 541 g/mol. The third kappa shape index (κ3) is 2.51. The molecule has 2 unspecified atom stereocenters. The van der Waals surface area contributed by atoms with Gasteiger partial charge in [0.2, 0.25) is 0 Å². The molecule has 0 fully saturated rings. The van der Waals surface area contributed by atoms with E-state index in [2.05, 4.69) is 135 Å². The maximum absolute atomic E-state index is 2.62. The molecule has 2 atom stereocenters. The molecular weight excluding hydrogens is 508 g/mol. The highest BCUT2D eigenvalue weighted by atomic mass is 15.0. The Kier molecular flexibility index (Phi) is 3.98. The zero-order valence-corrected chi connectivity index (χ0v) is 24.7. The third-order valence-electron chi connectivity index (χ3n) is 10.5. The minimum absolute atomic E-state index is 0.0541. The van der Waals surface area contributed by atoms with E-state index in [0.717, 1.165) is 0 Å². The highest BCUT2D eigenvalue weighted by molar-refractivity contribution is 6.29. The lowest BCUT2D eigenvalue weighted by Crippen LogP contribution is -2.28. The van der Waals surface area contributed by atoms with Crippen LogP contribution in [0.1, 0.15) is 60.6 Å². The zero-order valence-electron chi connectivity index (χ0n) is 24.7. The Morgan fingerprint density at radius 2 is 1.29 bits per heavy atom. The van der Waals surface area contributed by atoms with Crippen molar-refractivity contribution in [3.8, 4) is 16.8 Å². The highest BCUT2D eigenvalue weighted by Gasteiger charge is 2.49. The van der Waals surface area contributed by atoms with Gasteiger partial charge >= 0.3 is 0 Å². The van der Waals surface area contributed by atoms with Crippen LogP contribution in [0.25, 0.3) is 65.8 Å². The fourth-order valence-electron chi connectivity index (χ4n) is 9.05. The van der Waals surface area contributed by atoms with Crippen LogP contribution in [0.4, 0.5) is 0 Å². The first-order chi connectivity index (χ1) is 20.3. The summed E-state index contributed by atoms with van der Waals surface area (Å²) < 4.78 is 5.16. The molecule has 1 aliphatic heterocycles. The molecule has 0 bridgehead atoms. The van der Waals surface area contributed by atoms with Crippen molar-refractivity contribution in [2.24, 2.45) is 5.41 Å². The van der Waals surface area contributed by atoms with Gasteiger partial charge in [-0.1, -0.05) is 80.4 Å². The van der Waals surface area contributed by atoms with Gasteiger partial charge in [-0.3, -0.25) is 0 Å². The van der Waals surface area contributed by atoms with Gasteiger partial charge < -0.3 is 8.97 Å². The van der Waals surface area contributed by atoms with Gasteiger partial charge in [0, 0.05) is 55.7 Å². The lowest BCUT2D eigenvalue weighted by atomic mass is 9.61. The van der Waals surface area contributed by atoms with Crippen molar-refractivity contribution in [3.63, 3.8) is 0 Å². The van der Waals surface area contributed by atoms with Crippen molar-refractivity contribution in [3.05, 3.63) is 119 Å². The number of aromatic nitrogens is 2. The van der Waals surface area contributed by atoms with Crippen LogP contribution in [-0.2, 0) is 0 Å². The lowest BCUT2D eigenvalue weighted by Gasteiger charge is -2.41. The molecule has 0 saturated heterocycles. The van der Waals surface area contributed by atoms with E-state index >= 15 is 0 Å². The van der Waals surface area contributed by atoms with E-state index in [-0.39, 0.29) is 5.41 Å². The molecule has 1 aliphatic carbocycles. The van der Waals surface area contributed by atoms with Crippen LogP contribution in [0, 0.1) is 19.3 Å². The van der Waals surface area contributed by atoms with Crippen molar-refractivity contribution < 1.29 is 0 Å². The van der Waals surface area contributed by atoms with Crippen LogP contribution in [0.15, 0.2) is 91.0 Å². The third-order valence-corrected chi connectivity index (χ3v) is 10.5. The van der Waals surface area contributed by atoms with Gasteiger partial charge in [-0.05, 0) is 78.4 Å². The topological polar surface area (TPSA) is 9.34 Å². The van der Waals surface area contributed by atoms with Crippen molar-refractivity contribution in [2.45, 2.75) is 46.5 Å². The van der Waals surface area contributed by atoms with E-state index in [0.29, 0.717) is 11.8 Å². The van der Waals surface area contributed by atoms with Crippen molar-refractivity contribution >= 4 is 49.0 Å². The minimum atomic E-state index is 0.0541. The molecule has 5 aromatic carbocycles. The summed E-state index contributed by atoms with van der Waals surface area (Å²) in [5, 5.41) is 6.93. The van der Waals surface area contributed by atoms with Crippen LogP contribution in [0.5, 0.6) is 0 Å². The van der Waals surface area contributed by atoms with Crippen LogP contribution in [-0.4, -0.2) is 8.97 Å². The molecule has 0 N–H and O–H groups in total. The summed E-state index contributed by atoms with van der Waals surface area (Å²) in [4.78, 5) is 0. The summed E-state index contributed by atoms with van der Waals surface area (Å²) >= 11 is 0. The summed E-state index contributed by atoms with van der Waals surface area (Å²) in [5.41, 5.74) is 16.7. The average Bonchev–Trinajstić information content (AvgIpc) is 3.68. The monoisotopic (exact) mass is 540 g/mol. The number of benzene rings is 5. The van der Waals surface area contributed by atoms with Gasteiger partial charge in [0.15, 0.2) is 0 Å².